The van der Waals surface area contributed by atoms with Crippen molar-refractivity contribution in [2.75, 3.05) is 29.5 Å². The van der Waals surface area contributed by atoms with Gasteiger partial charge in [-0.25, -0.2) is 9.78 Å². The number of nitrogens with one attached hydrogen (secondary N) is 2. The van der Waals surface area contributed by atoms with Gasteiger partial charge in [0.1, 0.15) is 11.5 Å². The maximum atomic E-state index is 11.5. The van der Waals surface area contributed by atoms with Crippen molar-refractivity contribution in [1.29, 1.82) is 0 Å². The van der Waals surface area contributed by atoms with E-state index in [0.29, 0.717) is 6.54 Å². The van der Waals surface area contributed by atoms with Crippen LogP contribution in [0.2, 0.25) is 0 Å². The summed E-state index contributed by atoms with van der Waals surface area (Å²) >= 11 is 0. The lowest BCUT2D eigenvalue weighted by molar-refractivity contribution is -0.383. The summed E-state index contributed by atoms with van der Waals surface area (Å²) in [6, 6.07) is 11.5. The predicted molar refractivity (Wildman–Crippen MR) is 104 cm³/mol. The quantitative estimate of drug-likeness (QED) is 0.347. The summed E-state index contributed by atoms with van der Waals surface area (Å²) in [7, 11) is 0. The van der Waals surface area contributed by atoms with Crippen LogP contribution in [0.25, 0.3) is 0 Å². The van der Waals surface area contributed by atoms with Crippen molar-refractivity contribution >= 4 is 29.1 Å². The molecule has 1 amide bonds. The number of ether oxygens (including phenoxy) is 1. The average molecular weight is 373 g/mol. The third kappa shape index (κ3) is 6.14. The Hall–Kier alpha value is -3.36. The minimum Gasteiger partial charge on any atom is -0.450 e. The first-order chi connectivity index (χ1) is 13.0. The summed E-state index contributed by atoms with van der Waals surface area (Å²) in [6.07, 6.45) is 1.97. The number of aromatic nitrogens is 1. The lowest BCUT2D eigenvalue weighted by atomic mass is 10.1. The number of carbonyl (C=O) groups is 1. The maximum absolute atomic E-state index is 11.5. The largest absolute Gasteiger partial charge is 0.450 e. The molecule has 4 N–H and O–H groups in total. The molecule has 2 aromatic rings. The standard InChI is InChI=1S/C18H23N5O4/c1-2-27-18(24)22-15-12-14(16(23(25)26)17(19)21-15)20-11-7-6-10-13-8-4-3-5-9-13/h3-5,8-9,12H,2,6-7,10-11H2,1H3,(H4,19,20,21,22,24). The van der Waals surface area contributed by atoms with Crippen LogP contribution in [0.4, 0.5) is 27.8 Å². The van der Waals surface area contributed by atoms with Crippen LogP contribution < -0.4 is 16.4 Å². The third-order valence-corrected chi connectivity index (χ3v) is 3.76. The fourth-order valence-corrected chi connectivity index (χ4v) is 2.54. The normalized spacial score (nSPS) is 10.3. The van der Waals surface area contributed by atoms with Crippen LogP contribution >= 0.6 is 0 Å². The lowest BCUT2D eigenvalue weighted by Crippen LogP contribution is -2.16. The highest BCUT2D eigenvalue weighted by molar-refractivity contribution is 5.86. The fraction of sp³-hybridized carbons (Fsp3) is 0.333. The molecule has 0 radical (unpaired) electrons. The number of nitrogens with two attached hydrogens (primary N) is 1. The molecule has 0 bridgehead atoms. The third-order valence-electron chi connectivity index (χ3n) is 3.76. The number of aryl methyl sites for hydroxylation is 1. The molecule has 1 aromatic heterocycles. The Morgan fingerprint density at radius 2 is 2.04 bits per heavy atom. The number of nitrogens with zero attached hydrogens (tertiary/aromatic N) is 2. The summed E-state index contributed by atoms with van der Waals surface area (Å²) in [6.45, 7) is 2.39. The Labute approximate surface area is 157 Å². The predicted octanol–water partition coefficient (Wildman–Crippen LogP) is 3.58. The smallest absolute Gasteiger partial charge is 0.412 e. The van der Waals surface area contributed by atoms with Crippen molar-refractivity contribution in [3.8, 4) is 0 Å². The Kier molecular flexibility index (Phi) is 7.36. The number of benzene rings is 1. The highest BCUT2D eigenvalue weighted by Gasteiger charge is 2.21. The van der Waals surface area contributed by atoms with E-state index in [1.54, 1.807) is 6.92 Å². The van der Waals surface area contributed by atoms with Gasteiger partial charge < -0.3 is 15.8 Å². The number of nitro groups is 1. The van der Waals surface area contributed by atoms with Crippen LogP contribution in [-0.2, 0) is 11.2 Å². The van der Waals surface area contributed by atoms with Crippen LogP contribution in [-0.4, -0.2) is 29.2 Å². The summed E-state index contributed by atoms with van der Waals surface area (Å²) < 4.78 is 4.77. The van der Waals surface area contributed by atoms with Gasteiger partial charge in [0.15, 0.2) is 0 Å². The summed E-state index contributed by atoms with van der Waals surface area (Å²) in [4.78, 5) is 26.1. The van der Waals surface area contributed by atoms with Crippen LogP contribution in [0.5, 0.6) is 0 Å². The maximum Gasteiger partial charge on any atom is 0.412 e. The SMILES string of the molecule is CCOC(=O)Nc1cc(NCCCCc2ccccc2)c([N+](=O)[O-])c(N)n1. The van der Waals surface area contributed by atoms with Gasteiger partial charge in [0.25, 0.3) is 0 Å². The van der Waals surface area contributed by atoms with E-state index in [1.165, 1.54) is 11.6 Å². The molecule has 0 unspecified atom stereocenters. The fourth-order valence-electron chi connectivity index (χ4n) is 2.54. The number of pyridine rings is 1. The molecule has 27 heavy (non-hydrogen) atoms. The number of rotatable bonds is 9. The summed E-state index contributed by atoms with van der Waals surface area (Å²) in [5.74, 6) is -0.190. The van der Waals surface area contributed by atoms with Crippen molar-refractivity contribution in [2.45, 2.75) is 26.2 Å². The van der Waals surface area contributed by atoms with Gasteiger partial charge in [-0.2, -0.15) is 0 Å². The zero-order valence-corrected chi connectivity index (χ0v) is 15.1. The van der Waals surface area contributed by atoms with Crippen molar-refractivity contribution in [1.82, 2.24) is 4.98 Å². The second kappa shape index (κ2) is 9.95. The molecule has 0 aliphatic rings. The van der Waals surface area contributed by atoms with Gasteiger partial charge in [-0.05, 0) is 31.7 Å². The van der Waals surface area contributed by atoms with Crippen molar-refractivity contribution < 1.29 is 14.5 Å². The Balaban J connectivity index is 1.98. The van der Waals surface area contributed by atoms with Gasteiger partial charge in [-0.15, -0.1) is 0 Å². The van der Waals surface area contributed by atoms with E-state index in [1.807, 2.05) is 18.2 Å². The second-order valence-electron chi connectivity index (χ2n) is 5.76. The first-order valence-electron chi connectivity index (χ1n) is 8.67. The second-order valence-corrected chi connectivity index (χ2v) is 5.76. The first kappa shape index (κ1) is 20.0. The monoisotopic (exact) mass is 373 g/mol. The molecule has 0 saturated heterocycles. The van der Waals surface area contributed by atoms with Gasteiger partial charge in [0.05, 0.1) is 11.5 Å². The minimum absolute atomic E-state index is 0.0864. The van der Waals surface area contributed by atoms with Gasteiger partial charge in [0.2, 0.25) is 5.82 Å². The molecule has 144 valence electrons. The molecule has 0 aliphatic heterocycles. The Morgan fingerprint density at radius 3 is 2.70 bits per heavy atom. The van der Waals surface area contributed by atoms with Crippen LogP contribution in [0.1, 0.15) is 25.3 Å². The van der Waals surface area contributed by atoms with E-state index in [9.17, 15) is 14.9 Å². The average Bonchev–Trinajstić information content (AvgIpc) is 2.61. The molecule has 0 spiro atoms. The Bertz CT molecular complexity index is 783. The summed E-state index contributed by atoms with van der Waals surface area (Å²) in [5.41, 5.74) is 6.84. The number of nitrogen functional groups attached to an aromatic ring is 1. The Morgan fingerprint density at radius 1 is 1.30 bits per heavy atom. The lowest BCUT2D eigenvalue weighted by Gasteiger charge is -2.11. The van der Waals surface area contributed by atoms with Crippen molar-refractivity contribution in [3.05, 3.63) is 52.1 Å². The van der Waals surface area contributed by atoms with Crippen LogP contribution in [0.3, 0.4) is 0 Å². The molecule has 9 nitrogen and oxygen atoms in total. The number of carbonyl (C=O) groups excluding carboxylic acids is 1. The van der Waals surface area contributed by atoms with E-state index < -0.39 is 11.0 Å². The van der Waals surface area contributed by atoms with Gasteiger partial charge in [-0.1, -0.05) is 30.3 Å². The van der Waals surface area contributed by atoms with E-state index >= 15 is 0 Å². The van der Waals surface area contributed by atoms with Crippen LogP contribution in [0, 0.1) is 10.1 Å². The summed E-state index contributed by atoms with van der Waals surface area (Å²) in [5, 5.41) is 16.7. The van der Waals surface area contributed by atoms with E-state index in [4.69, 9.17) is 10.5 Å². The topological polar surface area (TPSA) is 132 Å². The van der Waals surface area contributed by atoms with Crippen LogP contribution in [0.15, 0.2) is 36.4 Å². The molecule has 0 fully saturated rings. The molecule has 2 rings (SSSR count). The molecule has 0 atom stereocenters. The molecular formula is C18H23N5O4. The molecule has 9 heteroatoms. The van der Waals surface area contributed by atoms with Crippen molar-refractivity contribution in [3.63, 3.8) is 0 Å². The minimum atomic E-state index is -0.702. The van der Waals surface area contributed by atoms with E-state index in [2.05, 4.69) is 27.8 Å². The highest BCUT2D eigenvalue weighted by Crippen LogP contribution is 2.32. The van der Waals surface area contributed by atoms with Gasteiger partial charge in [0, 0.05) is 12.6 Å². The molecule has 1 aromatic carbocycles. The number of anilines is 3. The van der Waals surface area contributed by atoms with Crippen molar-refractivity contribution in [2.24, 2.45) is 0 Å². The zero-order valence-electron chi connectivity index (χ0n) is 15.1. The number of unbranched alkanes of at least 4 members (excludes halogenated alkanes) is 1. The molecule has 1 heterocycles. The molecule has 0 aliphatic carbocycles. The first-order valence-corrected chi connectivity index (χ1v) is 8.67. The number of hydrogen-bond acceptors (Lipinski definition) is 7. The number of hydrogen-bond donors (Lipinski definition) is 3. The molecule has 0 saturated carbocycles. The van der Waals surface area contributed by atoms with E-state index in [0.717, 1.165) is 19.3 Å². The zero-order chi connectivity index (χ0) is 19.6. The molecular weight excluding hydrogens is 350 g/mol. The number of amides is 1. The van der Waals surface area contributed by atoms with E-state index in [-0.39, 0.29) is 29.6 Å². The van der Waals surface area contributed by atoms with Gasteiger partial charge >= 0.3 is 11.8 Å². The highest BCUT2D eigenvalue weighted by atomic mass is 16.6. The van der Waals surface area contributed by atoms with Gasteiger partial charge in [-0.3, -0.25) is 15.4 Å².